The summed E-state index contributed by atoms with van der Waals surface area (Å²) in [6, 6.07) is 3.42. The zero-order chi connectivity index (χ0) is 17.5. The van der Waals surface area contributed by atoms with E-state index in [1.807, 2.05) is 0 Å². The van der Waals surface area contributed by atoms with Crippen molar-refractivity contribution in [3.8, 4) is 11.5 Å². The molecule has 130 valence electrons. The fourth-order valence-electron chi connectivity index (χ4n) is 2.97. The van der Waals surface area contributed by atoms with Crippen LogP contribution in [0.1, 0.15) is 31.4 Å². The molecule has 4 nitrogen and oxygen atoms in total. The number of halogens is 3. The number of methoxy groups -OCH3 is 1. The number of alkyl halides is 3. The number of fused-ring (bicyclic) bond motifs is 1. The van der Waals surface area contributed by atoms with E-state index in [0.717, 1.165) is 5.56 Å². The predicted molar refractivity (Wildman–Crippen MR) is 77.9 cm³/mol. The van der Waals surface area contributed by atoms with Crippen molar-refractivity contribution in [1.82, 2.24) is 0 Å². The number of rotatable bonds is 5. The molecule has 0 bridgehead atoms. The third-order valence-electron chi connectivity index (χ3n) is 4.25. The van der Waals surface area contributed by atoms with Crippen molar-refractivity contribution < 1.29 is 32.9 Å². The number of ether oxygens (including phenoxy) is 2. The van der Waals surface area contributed by atoms with Crippen LogP contribution in [-0.2, 0) is 11.8 Å². The number of hydrogen-bond donors (Lipinski definition) is 2. The van der Waals surface area contributed by atoms with Crippen LogP contribution in [-0.4, -0.2) is 42.3 Å². The van der Waals surface area contributed by atoms with Crippen molar-refractivity contribution in [3.63, 3.8) is 0 Å². The SMILES string of the molecule is COc1cc2c(c(C(C)(C)C[C@](O)(CO)C(F)(F)F)c1)OCC2. The van der Waals surface area contributed by atoms with E-state index >= 15 is 0 Å². The monoisotopic (exact) mass is 334 g/mol. The average Bonchev–Trinajstić information content (AvgIpc) is 2.92. The summed E-state index contributed by atoms with van der Waals surface area (Å²) in [6.07, 6.45) is -4.97. The fourth-order valence-corrected chi connectivity index (χ4v) is 2.97. The van der Waals surface area contributed by atoms with Gasteiger partial charge in [-0.1, -0.05) is 13.8 Å². The summed E-state index contributed by atoms with van der Waals surface area (Å²) in [6.45, 7) is 2.22. The van der Waals surface area contributed by atoms with Crippen molar-refractivity contribution in [1.29, 1.82) is 0 Å². The fraction of sp³-hybridized carbons (Fsp3) is 0.625. The summed E-state index contributed by atoms with van der Waals surface area (Å²) < 4.78 is 50.1. The van der Waals surface area contributed by atoms with Gasteiger partial charge in [-0.25, -0.2) is 0 Å². The third-order valence-corrected chi connectivity index (χ3v) is 4.25. The van der Waals surface area contributed by atoms with Gasteiger partial charge in [0, 0.05) is 17.5 Å². The van der Waals surface area contributed by atoms with Gasteiger partial charge >= 0.3 is 6.18 Å². The van der Waals surface area contributed by atoms with E-state index in [-0.39, 0.29) is 0 Å². The lowest BCUT2D eigenvalue weighted by molar-refractivity contribution is -0.277. The van der Waals surface area contributed by atoms with Gasteiger partial charge in [0.2, 0.25) is 0 Å². The molecule has 1 aromatic carbocycles. The van der Waals surface area contributed by atoms with E-state index in [2.05, 4.69) is 0 Å². The Bertz CT molecular complexity index is 583. The Morgan fingerprint density at radius 2 is 1.91 bits per heavy atom. The Morgan fingerprint density at radius 3 is 2.43 bits per heavy atom. The lowest BCUT2D eigenvalue weighted by Gasteiger charge is -2.37. The molecule has 7 heteroatoms. The molecule has 1 heterocycles. The van der Waals surface area contributed by atoms with Crippen LogP contribution in [0.4, 0.5) is 13.2 Å². The van der Waals surface area contributed by atoms with Gasteiger partial charge in [-0.15, -0.1) is 0 Å². The molecule has 1 aliphatic rings. The van der Waals surface area contributed by atoms with Gasteiger partial charge in [-0.2, -0.15) is 13.2 Å². The first kappa shape index (κ1) is 17.9. The van der Waals surface area contributed by atoms with Crippen molar-refractivity contribution in [3.05, 3.63) is 23.3 Å². The maximum absolute atomic E-state index is 13.1. The Morgan fingerprint density at radius 1 is 1.26 bits per heavy atom. The molecule has 2 rings (SSSR count). The molecular weight excluding hydrogens is 313 g/mol. The van der Waals surface area contributed by atoms with Gasteiger partial charge < -0.3 is 19.7 Å². The van der Waals surface area contributed by atoms with E-state index in [1.54, 1.807) is 26.0 Å². The quantitative estimate of drug-likeness (QED) is 0.869. The highest BCUT2D eigenvalue weighted by molar-refractivity contribution is 5.52. The summed E-state index contributed by atoms with van der Waals surface area (Å²) in [5.41, 5.74) is -2.87. The Hall–Kier alpha value is -1.47. The van der Waals surface area contributed by atoms with Crippen LogP contribution < -0.4 is 9.47 Å². The van der Waals surface area contributed by atoms with E-state index in [0.29, 0.717) is 30.1 Å². The summed E-state index contributed by atoms with van der Waals surface area (Å²) in [5, 5.41) is 19.0. The Labute approximate surface area is 132 Å². The van der Waals surface area contributed by atoms with Gasteiger partial charge in [-0.3, -0.25) is 0 Å². The Balaban J connectivity index is 2.46. The minimum absolute atomic E-state index is 0.453. The minimum Gasteiger partial charge on any atom is -0.497 e. The highest BCUT2D eigenvalue weighted by Crippen LogP contribution is 2.46. The minimum atomic E-state index is -4.93. The molecule has 2 N–H and O–H groups in total. The highest BCUT2D eigenvalue weighted by Gasteiger charge is 2.56. The van der Waals surface area contributed by atoms with Crippen LogP contribution in [0.5, 0.6) is 11.5 Å². The van der Waals surface area contributed by atoms with Gasteiger partial charge in [0.25, 0.3) is 0 Å². The van der Waals surface area contributed by atoms with Crippen LogP contribution in [0.2, 0.25) is 0 Å². The molecule has 0 fully saturated rings. The summed E-state index contributed by atoms with van der Waals surface area (Å²) in [7, 11) is 1.48. The van der Waals surface area contributed by atoms with Gasteiger partial charge in [0.05, 0.1) is 20.3 Å². The smallest absolute Gasteiger partial charge is 0.419 e. The number of hydrogen-bond acceptors (Lipinski definition) is 4. The number of aliphatic hydroxyl groups is 2. The first-order valence-corrected chi connectivity index (χ1v) is 7.28. The zero-order valence-electron chi connectivity index (χ0n) is 13.3. The maximum Gasteiger partial charge on any atom is 0.419 e. The predicted octanol–water partition coefficient (Wildman–Crippen LogP) is 2.58. The summed E-state index contributed by atoms with van der Waals surface area (Å²) in [4.78, 5) is 0. The van der Waals surface area contributed by atoms with Crippen molar-refractivity contribution in [2.24, 2.45) is 0 Å². The molecule has 0 unspecified atom stereocenters. The summed E-state index contributed by atoms with van der Waals surface area (Å²) >= 11 is 0. The van der Waals surface area contributed by atoms with E-state index in [9.17, 15) is 18.3 Å². The third kappa shape index (κ3) is 3.26. The molecule has 0 amide bonds. The number of aliphatic hydroxyl groups excluding tert-OH is 1. The van der Waals surface area contributed by atoms with Crippen LogP contribution in [0, 0.1) is 0 Å². The topological polar surface area (TPSA) is 58.9 Å². The molecule has 0 radical (unpaired) electrons. The second-order valence-electron chi connectivity index (χ2n) is 6.51. The van der Waals surface area contributed by atoms with Crippen LogP contribution >= 0.6 is 0 Å². The van der Waals surface area contributed by atoms with Gasteiger partial charge in [0.1, 0.15) is 11.5 Å². The first-order valence-electron chi connectivity index (χ1n) is 7.28. The molecule has 0 aromatic heterocycles. The van der Waals surface area contributed by atoms with E-state index < -0.39 is 30.2 Å². The molecule has 1 aromatic rings. The van der Waals surface area contributed by atoms with E-state index in [4.69, 9.17) is 14.6 Å². The zero-order valence-corrected chi connectivity index (χ0v) is 13.3. The first-order chi connectivity index (χ1) is 10.5. The maximum atomic E-state index is 13.1. The molecule has 1 atom stereocenters. The molecule has 0 saturated carbocycles. The average molecular weight is 334 g/mol. The molecule has 0 saturated heterocycles. The van der Waals surface area contributed by atoms with Crippen LogP contribution in [0.25, 0.3) is 0 Å². The molecule has 23 heavy (non-hydrogen) atoms. The van der Waals surface area contributed by atoms with Crippen molar-refractivity contribution in [2.45, 2.75) is 43.9 Å². The molecular formula is C16H21F3O4. The van der Waals surface area contributed by atoms with Crippen molar-refractivity contribution >= 4 is 0 Å². The molecule has 1 aliphatic heterocycles. The summed E-state index contributed by atoms with van der Waals surface area (Å²) in [5.74, 6) is 1.06. The Kier molecular flexibility index (Phi) is 4.56. The largest absolute Gasteiger partial charge is 0.497 e. The van der Waals surface area contributed by atoms with Crippen LogP contribution in [0.15, 0.2) is 12.1 Å². The van der Waals surface area contributed by atoms with Gasteiger partial charge in [0.15, 0.2) is 5.60 Å². The standard InChI is InChI=1S/C16H21F3O4/c1-14(2,8-15(21,9-20)16(17,18)19)12-7-11(22-3)6-10-4-5-23-13(10)12/h6-7,20-21H,4-5,8-9H2,1-3H3/t15-/m0/s1. The normalized spacial score (nSPS) is 17.4. The van der Waals surface area contributed by atoms with Crippen molar-refractivity contribution in [2.75, 3.05) is 20.3 Å². The second-order valence-corrected chi connectivity index (χ2v) is 6.51. The van der Waals surface area contributed by atoms with Gasteiger partial charge in [-0.05, 0) is 24.0 Å². The molecule has 0 aliphatic carbocycles. The second kappa shape index (κ2) is 5.87. The van der Waals surface area contributed by atoms with Crippen LogP contribution in [0.3, 0.4) is 0 Å². The highest BCUT2D eigenvalue weighted by atomic mass is 19.4. The molecule has 0 spiro atoms. The lowest BCUT2D eigenvalue weighted by Crippen LogP contribution is -2.52. The number of benzene rings is 1. The van der Waals surface area contributed by atoms with E-state index in [1.165, 1.54) is 7.11 Å². The lowest BCUT2D eigenvalue weighted by atomic mass is 9.74.